The summed E-state index contributed by atoms with van der Waals surface area (Å²) in [5.74, 6) is 2.52. The van der Waals surface area contributed by atoms with Crippen LogP contribution in [0.4, 0.5) is 0 Å². The molecule has 0 bridgehead atoms. The first-order chi connectivity index (χ1) is 11.7. The molecule has 0 fully saturated rings. The number of benzene rings is 2. The summed E-state index contributed by atoms with van der Waals surface area (Å²) in [7, 11) is 3.32. The molecule has 3 rings (SSSR count). The van der Waals surface area contributed by atoms with E-state index in [0.717, 1.165) is 33.8 Å². The van der Waals surface area contributed by atoms with E-state index in [9.17, 15) is 0 Å². The predicted octanol–water partition coefficient (Wildman–Crippen LogP) is 4.30. The molecule has 24 heavy (non-hydrogen) atoms. The molecule has 0 spiro atoms. The maximum atomic E-state index is 5.52. The Morgan fingerprint density at radius 2 is 1.83 bits per heavy atom. The van der Waals surface area contributed by atoms with Crippen LogP contribution in [0, 0.1) is 0 Å². The number of para-hydroxylation sites is 1. The van der Waals surface area contributed by atoms with E-state index in [0.29, 0.717) is 6.54 Å². The second-order valence-corrected chi connectivity index (χ2v) is 6.34. The highest BCUT2D eigenvalue weighted by atomic mass is 79.9. The van der Waals surface area contributed by atoms with Crippen molar-refractivity contribution in [2.75, 3.05) is 14.2 Å². The second-order valence-electron chi connectivity index (χ2n) is 5.43. The van der Waals surface area contributed by atoms with Gasteiger partial charge >= 0.3 is 0 Å². The molecular weight excluding hydrogens is 368 g/mol. The molecule has 1 heterocycles. The first-order valence-corrected chi connectivity index (χ1v) is 8.45. The van der Waals surface area contributed by atoms with Crippen LogP contribution >= 0.6 is 15.9 Å². The number of hydrogen-bond donors (Lipinski definition) is 0. The van der Waals surface area contributed by atoms with Gasteiger partial charge < -0.3 is 14.0 Å². The van der Waals surface area contributed by atoms with Crippen molar-refractivity contribution in [3.05, 3.63) is 76.3 Å². The van der Waals surface area contributed by atoms with Crippen molar-refractivity contribution in [2.24, 2.45) is 0 Å². The third-order valence-corrected chi connectivity index (χ3v) is 4.43. The van der Waals surface area contributed by atoms with Gasteiger partial charge in [0.05, 0.1) is 20.8 Å². The molecule has 0 aliphatic heterocycles. The molecule has 0 atom stereocenters. The van der Waals surface area contributed by atoms with Crippen LogP contribution in [0.2, 0.25) is 0 Å². The monoisotopic (exact) mass is 386 g/mol. The van der Waals surface area contributed by atoms with Crippen LogP contribution in [0.15, 0.2) is 59.3 Å². The molecule has 0 saturated heterocycles. The van der Waals surface area contributed by atoms with Gasteiger partial charge in [0.1, 0.15) is 5.82 Å². The quantitative estimate of drug-likeness (QED) is 0.633. The van der Waals surface area contributed by atoms with Gasteiger partial charge in [0.25, 0.3) is 0 Å². The lowest BCUT2D eigenvalue weighted by Gasteiger charge is -2.14. The zero-order valence-electron chi connectivity index (χ0n) is 13.7. The molecule has 0 unspecified atom stereocenters. The first kappa shape index (κ1) is 16.6. The van der Waals surface area contributed by atoms with Crippen LogP contribution in [0.25, 0.3) is 0 Å². The van der Waals surface area contributed by atoms with Crippen LogP contribution in [0.5, 0.6) is 11.5 Å². The van der Waals surface area contributed by atoms with Crippen molar-refractivity contribution in [1.29, 1.82) is 0 Å². The Labute approximate surface area is 150 Å². The fraction of sp³-hybridized carbons (Fsp3) is 0.211. The van der Waals surface area contributed by atoms with E-state index in [1.807, 2.05) is 42.7 Å². The van der Waals surface area contributed by atoms with Gasteiger partial charge in [-0.3, -0.25) is 0 Å². The molecule has 0 radical (unpaired) electrons. The smallest absolute Gasteiger partial charge is 0.165 e. The molecule has 0 N–H and O–H groups in total. The highest BCUT2D eigenvalue weighted by Gasteiger charge is 2.12. The molecule has 4 nitrogen and oxygen atoms in total. The van der Waals surface area contributed by atoms with E-state index in [4.69, 9.17) is 9.47 Å². The van der Waals surface area contributed by atoms with Crippen molar-refractivity contribution >= 4 is 15.9 Å². The highest BCUT2D eigenvalue weighted by molar-refractivity contribution is 9.10. The number of halogens is 1. The fourth-order valence-electron chi connectivity index (χ4n) is 2.70. The molecule has 1 aromatic heterocycles. The Morgan fingerprint density at radius 1 is 1.04 bits per heavy atom. The topological polar surface area (TPSA) is 36.3 Å². The number of aromatic nitrogens is 2. The number of imidazole rings is 1. The van der Waals surface area contributed by atoms with Crippen molar-refractivity contribution < 1.29 is 9.47 Å². The fourth-order valence-corrected chi connectivity index (χ4v) is 2.96. The molecule has 0 amide bonds. The van der Waals surface area contributed by atoms with Crippen molar-refractivity contribution in [3.63, 3.8) is 0 Å². The number of ether oxygens (including phenoxy) is 2. The zero-order chi connectivity index (χ0) is 16.9. The molecule has 3 aromatic rings. The van der Waals surface area contributed by atoms with Crippen LogP contribution in [-0.2, 0) is 13.0 Å². The summed E-state index contributed by atoms with van der Waals surface area (Å²) in [5.41, 5.74) is 2.29. The summed E-state index contributed by atoms with van der Waals surface area (Å²) in [6.45, 7) is 0.687. The third kappa shape index (κ3) is 3.62. The van der Waals surface area contributed by atoms with E-state index in [1.54, 1.807) is 14.2 Å². The van der Waals surface area contributed by atoms with Crippen molar-refractivity contribution in [2.45, 2.75) is 13.0 Å². The number of hydrogen-bond acceptors (Lipinski definition) is 3. The lowest BCUT2D eigenvalue weighted by molar-refractivity contribution is 0.351. The Balaban J connectivity index is 1.85. The van der Waals surface area contributed by atoms with E-state index in [2.05, 4.69) is 37.6 Å². The molecular formula is C19H19BrN2O2. The third-order valence-electron chi connectivity index (χ3n) is 3.90. The van der Waals surface area contributed by atoms with E-state index in [1.165, 1.54) is 5.56 Å². The average molecular weight is 387 g/mol. The summed E-state index contributed by atoms with van der Waals surface area (Å²) >= 11 is 3.46. The molecule has 0 saturated carbocycles. The predicted molar refractivity (Wildman–Crippen MR) is 97.8 cm³/mol. The maximum absolute atomic E-state index is 5.52. The summed E-state index contributed by atoms with van der Waals surface area (Å²) in [6.07, 6.45) is 4.61. The van der Waals surface area contributed by atoms with Crippen molar-refractivity contribution in [1.82, 2.24) is 9.55 Å². The maximum Gasteiger partial charge on any atom is 0.165 e. The summed E-state index contributed by atoms with van der Waals surface area (Å²) in [6, 6.07) is 14.2. The van der Waals surface area contributed by atoms with Crippen molar-refractivity contribution in [3.8, 4) is 11.5 Å². The highest BCUT2D eigenvalue weighted by Crippen LogP contribution is 2.31. The first-order valence-electron chi connectivity index (χ1n) is 7.65. The minimum absolute atomic E-state index is 0.687. The molecule has 0 aliphatic rings. The Kier molecular flexibility index (Phi) is 5.20. The van der Waals surface area contributed by atoms with Gasteiger partial charge in [-0.25, -0.2) is 4.98 Å². The standard InChI is InChI=1S/C19H19BrN2O2/c1-23-17-5-3-4-15(19(17)24-2)13-22-11-10-21-18(22)12-14-6-8-16(20)9-7-14/h3-11H,12-13H2,1-2H3. The molecule has 5 heteroatoms. The second kappa shape index (κ2) is 7.53. The SMILES string of the molecule is COc1cccc(Cn2ccnc2Cc2ccc(Br)cc2)c1OC. The Hall–Kier alpha value is -2.27. The van der Waals surface area contributed by atoms with Crippen LogP contribution in [0.3, 0.4) is 0 Å². The summed E-state index contributed by atoms with van der Waals surface area (Å²) in [5, 5.41) is 0. The molecule has 2 aromatic carbocycles. The van der Waals surface area contributed by atoms with Crippen LogP contribution in [0.1, 0.15) is 17.0 Å². The lowest BCUT2D eigenvalue weighted by Crippen LogP contribution is -2.07. The van der Waals surface area contributed by atoms with E-state index in [-0.39, 0.29) is 0 Å². The average Bonchev–Trinajstić information content (AvgIpc) is 3.03. The van der Waals surface area contributed by atoms with Gasteiger partial charge in [-0.1, -0.05) is 40.2 Å². The van der Waals surface area contributed by atoms with Crippen LogP contribution < -0.4 is 9.47 Å². The van der Waals surface area contributed by atoms with Gasteiger partial charge in [0.2, 0.25) is 0 Å². The molecule has 124 valence electrons. The largest absolute Gasteiger partial charge is 0.493 e. The van der Waals surface area contributed by atoms with Gasteiger partial charge in [0.15, 0.2) is 11.5 Å². The summed E-state index contributed by atoms with van der Waals surface area (Å²) in [4.78, 5) is 4.51. The minimum atomic E-state index is 0.687. The lowest BCUT2D eigenvalue weighted by atomic mass is 10.1. The number of rotatable bonds is 6. The number of methoxy groups -OCH3 is 2. The van der Waals surface area contributed by atoms with Gasteiger partial charge in [0, 0.05) is 28.9 Å². The van der Waals surface area contributed by atoms with E-state index >= 15 is 0 Å². The zero-order valence-corrected chi connectivity index (χ0v) is 15.3. The van der Waals surface area contributed by atoms with Gasteiger partial charge in [-0.2, -0.15) is 0 Å². The number of nitrogens with zero attached hydrogens (tertiary/aromatic N) is 2. The Bertz CT molecular complexity index is 812. The summed E-state index contributed by atoms with van der Waals surface area (Å²) < 4.78 is 14.1. The normalized spacial score (nSPS) is 10.6. The minimum Gasteiger partial charge on any atom is -0.493 e. The Morgan fingerprint density at radius 3 is 2.54 bits per heavy atom. The molecule has 0 aliphatic carbocycles. The van der Waals surface area contributed by atoms with Gasteiger partial charge in [-0.05, 0) is 23.8 Å². The van der Waals surface area contributed by atoms with Crippen LogP contribution in [-0.4, -0.2) is 23.8 Å². The van der Waals surface area contributed by atoms with Gasteiger partial charge in [-0.15, -0.1) is 0 Å². The van der Waals surface area contributed by atoms with E-state index < -0.39 is 0 Å².